The van der Waals surface area contributed by atoms with E-state index in [0.29, 0.717) is 44.5 Å². The van der Waals surface area contributed by atoms with Gasteiger partial charge in [0.25, 0.3) is 5.91 Å². The number of nitrogens with zero attached hydrogens (tertiary/aromatic N) is 4. The minimum atomic E-state index is -0.934. The third kappa shape index (κ3) is 7.32. The SMILES string of the molecule is CCOC(=O)N1CCN(C(=O)[C@H](CN)NC(=O)c2cc(OC3CCCC3)nc(-c3ccccc3)n2)CC1.Cl. The lowest BCUT2D eigenvalue weighted by atomic mass is 10.2. The van der Waals surface area contributed by atoms with Crippen LogP contribution < -0.4 is 15.8 Å². The van der Waals surface area contributed by atoms with Crippen LogP contribution in [0.15, 0.2) is 36.4 Å². The Morgan fingerprint density at radius 2 is 1.71 bits per heavy atom. The quantitative estimate of drug-likeness (QED) is 0.514. The van der Waals surface area contributed by atoms with E-state index in [4.69, 9.17) is 15.2 Å². The zero-order valence-electron chi connectivity index (χ0n) is 21.5. The molecule has 12 heteroatoms. The molecule has 1 atom stereocenters. The van der Waals surface area contributed by atoms with E-state index in [2.05, 4.69) is 15.3 Å². The Morgan fingerprint density at radius 1 is 1.05 bits per heavy atom. The maximum Gasteiger partial charge on any atom is 0.409 e. The third-order valence-electron chi connectivity index (χ3n) is 6.51. The number of halogens is 1. The Kier molecular flexibility index (Phi) is 10.7. The molecule has 2 aromatic rings. The number of nitrogens with two attached hydrogens (primary N) is 1. The molecule has 1 aromatic heterocycles. The van der Waals surface area contributed by atoms with Crippen molar-refractivity contribution in [3.63, 3.8) is 0 Å². The lowest BCUT2D eigenvalue weighted by Crippen LogP contribution is -2.57. The number of rotatable bonds is 8. The topological polar surface area (TPSA) is 140 Å². The van der Waals surface area contributed by atoms with Gasteiger partial charge >= 0.3 is 6.09 Å². The van der Waals surface area contributed by atoms with Crippen LogP contribution in [0.2, 0.25) is 0 Å². The smallest absolute Gasteiger partial charge is 0.409 e. The highest BCUT2D eigenvalue weighted by Crippen LogP contribution is 2.25. The van der Waals surface area contributed by atoms with E-state index < -0.39 is 18.0 Å². The average molecular weight is 547 g/mol. The number of carbonyl (C=O) groups excluding carboxylic acids is 3. The molecule has 0 unspecified atom stereocenters. The second-order valence-corrected chi connectivity index (χ2v) is 9.08. The first kappa shape index (κ1) is 29.1. The first-order chi connectivity index (χ1) is 18.0. The number of ether oxygens (including phenoxy) is 2. The van der Waals surface area contributed by atoms with Crippen molar-refractivity contribution in [3.8, 4) is 17.3 Å². The van der Waals surface area contributed by atoms with Crippen molar-refractivity contribution in [2.24, 2.45) is 5.73 Å². The monoisotopic (exact) mass is 546 g/mol. The molecule has 0 radical (unpaired) electrons. The van der Waals surface area contributed by atoms with Gasteiger partial charge in [0.1, 0.15) is 17.8 Å². The lowest BCUT2D eigenvalue weighted by Gasteiger charge is -2.35. The zero-order valence-corrected chi connectivity index (χ0v) is 22.3. The van der Waals surface area contributed by atoms with Crippen LogP contribution in [0.1, 0.15) is 43.1 Å². The molecule has 1 aliphatic carbocycles. The minimum absolute atomic E-state index is 0. The average Bonchev–Trinajstić information content (AvgIpc) is 3.44. The number of carbonyl (C=O) groups is 3. The van der Waals surface area contributed by atoms with Gasteiger partial charge in [0.15, 0.2) is 5.82 Å². The lowest BCUT2D eigenvalue weighted by molar-refractivity contribution is -0.134. The second kappa shape index (κ2) is 13.9. The van der Waals surface area contributed by atoms with Crippen LogP contribution in [0.4, 0.5) is 4.79 Å². The molecule has 1 aliphatic heterocycles. The molecule has 2 fully saturated rings. The van der Waals surface area contributed by atoms with E-state index in [1.165, 1.54) is 6.07 Å². The van der Waals surface area contributed by atoms with E-state index in [-0.39, 0.29) is 36.7 Å². The highest BCUT2D eigenvalue weighted by atomic mass is 35.5. The number of benzene rings is 1. The number of piperazine rings is 1. The molecule has 1 saturated heterocycles. The number of amides is 3. The third-order valence-corrected chi connectivity index (χ3v) is 6.51. The highest BCUT2D eigenvalue weighted by molar-refractivity contribution is 5.96. The first-order valence-electron chi connectivity index (χ1n) is 12.8. The van der Waals surface area contributed by atoms with Crippen molar-refractivity contribution < 1.29 is 23.9 Å². The summed E-state index contributed by atoms with van der Waals surface area (Å²) in [6.07, 6.45) is 3.75. The van der Waals surface area contributed by atoms with Gasteiger partial charge in [0, 0.05) is 44.4 Å². The van der Waals surface area contributed by atoms with Crippen molar-refractivity contribution in [2.75, 3.05) is 39.3 Å². The Bertz CT molecular complexity index is 1090. The fourth-order valence-corrected chi connectivity index (χ4v) is 4.49. The summed E-state index contributed by atoms with van der Waals surface area (Å²) in [6.45, 7) is 3.32. The molecule has 0 bridgehead atoms. The molecular weight excluding hydrogens is 512 g/mol. The Labute approximate surface area is 228 Å². The summed E-state index contributed by atoms with van der Waals surface area (Å²) in [4.78, 5) is 50.4. The van der Waals surface area contributed by atoms with E-state index in [1.54, 1.807) is 16.7 Å². The van der Waals surface area contributed by atoms with E-state index in [0.717, 1.165) is 31.2 Å². The maximum atomic E-state index is 13.2. The molecule has 0 spiro atoms. The number of aromatic nitrogens is 2. The summed E-state index contributed by atoms with van der Waals surface area (Å²) in [5, 5.41) is 2.73. The van der Waals surface area contributed by atoms with Gasteiger partial charge < -0.3 is 30.3 Å². The largest absolute Gasteiger partial charge is 0.474 e. The van der Waals surface area contributed by atoms with Crippen LogP contribution in [-0.4, -0.2) is 89.2 Å². The summed E-state index contributed by atoms with van der Waals surface area (Å²) >= 11 is 0. The molecular formula is C26H35ClN6O5. The van der Waals surface area contributed by atoms with Gasteiger partial charge in [-0.3, -0.25) is 9.59 Å². The van der Waals surface area contributed by atoms with Crippen molar-refractivity contribution in [1.29, 1.82) is 0 Å². The van der Waals surface area contributed by atoms with E-state index in [1.807, 2.05) is 30.3 Å². The van der Waals surface area contributed by atoms with E-state index >= 15 is 0 Å². The van der Waals surface area contributed by atoms with Gasteiger partial charge in [-0.1, -0.05) is 30.3 Å². The highest BCUT2D eigenvalue weighted by Gasteiger charge is 2.30. The van der Waals surface area contributed by atoms with Crippen LogP contribution in [0.3, 0.4) is 0 Å². The van der Waals surface area contributed by atoms with Crippen molar-refractivity contribution in [1.82, 2.24) is 25.1 Å². The predicted octanol–water partition coefficient (Wildman–Crippen LogP) is 2.24. The predicted molar refractivity (Wildman–Crippen MR) is 143 cm³/mol. The molecule has 11 nitrogen and oxygen atoms in total. The number of hydrogen-bond donors (Lipinski definition) is 2. The molecule has 3 N–H and O–H groups in total. The molecule has 1 aromatic carbocycles. The second-order valence-electron chi connectivity index (χ2n) is 9.08. The summed E-state index contributed by atoms with van der Waals surface area (Å²) in [7, 11) is 0. The Balaban J connectivity index is 0.00000400. The molecule has 1 saturated carbocycles. The van der Waals surface area contributed by atoms with Gasteiger partial charge in [-0.05, 0) is 32.6 Å². The molecule has 38 heavy (non-hydrogen) atoms. The maximum absolute atomic E-state index is 13.2. The van der Waals surface area contributed by atoms with Crippen LogP contribution in [0.5, 0.6) is 5.88 Å². The minimum Gasteiger partial charge on any atom is -0.474 e. The molecule has 2 aliphatic rings. The van der Waals surface area contributed by atoms with Gasteiger partial charge in [0.2, 0.25) is 11.8 Å². The van der Waals surface area contributed by atoms with E-state index in [9.17, 15) is 14.4 Å². The summed E-state index contributed by atoms with van der Waals surface area (Å²) in [5.74, 6) is -0.146. The fourth-order valence-electron chi connectivity index (χ4n) is 4.49. The van der Waals surface area contributed by atoms with Crippen molar-refractivity contribution in [3.05, 3.63) is 42.1 Å². The zero-order chi connectivity index (χ0) is 26.2. The van der Waals surface area contributed by atoms with Crippen LogP contribution >= 0.6 is 12.4 Å². The number of nitrogens with one attached hydrogen (secondary N) is 1. The Morgan fingerprint density at radius 3 is 2.34 bits per heavy atom. The summed E-state index contributed by atoms with van der Waals surface area (Å²) in [5.41, 5.74) is 6.72. The Hall–Kier alpha value is -3.44. The fraction of sp³-hybridized carbons (Fsp3) is 0.500. The first-order valence-corrected chi connectivity index (χ1v) is 12.8. The van der Waals surface area contributed by atoms with Crippen molar-refractivity contribution >= 4 is 30.3 Å². The van der Waals surface area contributed by atoms with Crippen molar-refractivity contribution in [2.45, 2.75) is 44.8 Å². The molecule has 2 heterocycles. The van der Waals surface area contributed by atoms with Crippen LogP contribution in [0, 0.1) is 0 Å². The summed E-state index contributed by atoms with van der Waals surface area (Å²) < 4.78 is 11.1. The van der Waals surface area contributed by atoms with Gasteiger partial charge in [-0.2, -0.15) is 4.98 Å². The van der Waals surface area contributed by atoms with Gasteiger partial charge in [0.05, 0.1) is 6.61 Å². The summed E-state index contributed by atoms with van der Waals surface area (Å²) in [6, 6.07) is 9.92. The van der Waals surface area contributed by atoms with Crippen LogP contribution in [-0.2, 0) is 9.53 Å². The molecule has 3 amide bonds. The standard InChI is InChI=1S/C26H34N6O5.ClH/c1-2-36-26(35)32-14-12-31(13-15-32)25(34)21(17-27)29-24(33)20-16-22(37-19-10-6-7-11-19)30-23(28-20)18-8-4-3-5-9-18;/h3-5,8-9,16,19,21H,2,6-7,10-15,17,27H2,1H3,(H,29,33);1H/t21-;/m0./s1. The van der Waals surface area contributed by atoms with Crippen LogP contribution in [0.25, 0.3) is 11.4 Å². The number of hydrogen-bond acceptors (Lipinski definition) is 8. The van der Waals surface area contributed by atoms with Gasteiger partial charge in [-0.25, -0.2) is 9.78 Å². The molecule has 4 rings (SSSR count). The van der Waals surface area contributed by atoms with Gasteiger partial charge in [-0.15, -0.1) is 12.4 Å². The molecule has 206 valence electrons. The normalized spacial score (nSPS) is 16.4.